The zero-order valence-electron chi connectivity index (χ0n) is 7.57. The van der Waals surface area contributed by atoms with Gasteiger partial charge in [-0.15, -0.1) is 0 Å². The Hall–Kier alpha value is -0.970. The van der Waals surface area contributed by atoms with Gasteiger partial charge < -0.3 is 14.6 Å². The highest BCUT2D eigenvalue weighted by Gasteiger charge is 2.02. The van der Waals surface area contributed by atoms with Crippen LogP contribution in [0.3, 0.4) is 0 Å². The van der Waals surface area contributed by atoms with Crippen molar-refractivity contribution in [1.29, 1.82) is 0 Å². The molecule has 15 heavy (non-hydrogen) atoms. The molecule has 0 saturated carbocycles. The van der Waals surface area contributed by atoms with Crippen molar-refractivity contribution in [2.75, 3.05) is 13.4 Å². The number of aliphatic carboxylic acids is 1. The van der Waals surface area contributed by atoms with Gasteiger partial charge in [0.15, 0.2) is 6.79 Å². The van der Waals surface area contributed by atoms with Crippen molar-refractivity contribution in [2.24, 2.45) is 0 Å². The summed E-state index contributed by atoms with van der Waals surface area (Å²) in [5.74, 6) is -0.660. The van der Waals surface area contributed by atoms with Crippen molar-refractivity contribution in [1.82, 2.24) is 0 Å². The summed E-state index contributed by atoms with van der Waals surface area (Å²) >= 11 is 11.5. The Labute approximate surface area is 96.3 Å². The molecule has 0 unspecified atom stereocenters. The molecule has 0 aliphatic rings. The monoisotopic (exact) mass is 250 g/mol. The van der Waals surface area contributed by atoms with Crippen LogP contribution in [0.1, 0.15) is 0 Å². The van der Waals surface area contributed by atoms with Crippen LogP contribution in [0.15, 0.2) is 18.2 Å². The molecule has 0 radical (unpaired) electrons. The minimum absolute atomic E-state index is 0.173. The van der Waals surface area contributed by atoms with Crippen LogP contribution >= 0.6 is 23.2 Å². The Kier molecular flexibility index (Phi) is 4.68. The standard InChI is InChI=1S/C9H8Cl2O4/c10-6-1-2-8(7(11)3-6)15-5-14-4-9(12)13/h1-3H,4-5H2,(H,12,13). The fourth-order valence-electron chi connectivity index (χ4n) is 0.826. The highest BCUT2D eigenvalue weighted by Crippen LogP contribution is 2.27. The molecule has 4 nitrogen and oxygen atoms in total. The first-order chi connectivity index (χ1) is 7.09. The molecular formula is C9H8Cl2O4. The van der Waals surface area contributed by atoms with Gasteiger partial charge in [-0.05, 0) is 18.2 Å². The van der Waals surface area contributed by atoms with Crippen LogP contribution in [-0.2, 0) is 9.53 Å². The fraction of sp³-hybridized carbons (Fsp3) is 0.222. The van der Waals surface area contributed by atoms with E-state index in [1.165, 1.54) is 6.07 Å². The number of ether oxygens (including phenoxy) is 2. The van der Waals surface area contributed by atoms with Crippen molar-refractivity contribution in [2.45, 2.75) is 0 Å². The minimum Gasteiger partial charge on any atom is -0.480 e. The van der Waals surface area contributed by atoms with Crippen molar-refractivity contribution in [3.05, 3.63) is 28.2 Å². The summed E-state index contributed by atoms with van der Waals surface area (Å²) in [5.41, 5.74) is 0. The van der Waals surface area contributed by atoms with Gasteiger partial charge in [0.2, 0.25) is 0 Å². The zero-order chi connectivity index (χ0) is 11.3. The summed E-state index contributed by atoms with van der Waals surface area (Å²) < 4.78 is 9.74. The van der Waals surface area contributed by atoms with Gasteiger partial charge in [-0.3, -0.25) is 0 Å². The number of rotatable bonds is 5. The van der Waals surface area contributed by atoms with E-state index in [4.69, 9.17) is 33.0 Å². The van der Waals surface area contributed by atoms with E-state index in [1.54, 1.807) is 12.1 Å². The molecule has 1 rings (SSSR count). The predicted octanol–water partition coefficient (Wildman–Crippen LogP) is 2.43. The third-order valence-electron chi connectivity index (χ3n) is 1.42. The zero-order valence-corrected chi connectivity index (χ0v) is 9.09. The Morgan fingerprint density at radius 1 is 1.40 bits per heavy atom. The minimum atomic E-state index is -1.05. The third-order valence-corrected chi connectivity index (χ3v) is 1.95. The average molecular weight is 251 g/mol. The molecule has 0 spiro atoms. The van der Waals surface area contributed by atoms with Gasteiger partial charge >= 0.3 is 5.97 Å². The van der Waals surface area contributed by atoms with Gasteiger partial charge in [-0.1, -0.05) is 23.2 Å². The molecule has 0 aromatic heterocycles. The molecule has 0 saturated heterocycles. The van der Waals surface area contributed by atoms with Crippen molar-refractivity contribution in [3.63, 3.8) is 0 Å². The molecule has 0 fully saturated rings. The summed E-state index contributed by atoms with van der Waals surface area (Å²) in [4.78, 5) is 10.1. The molecule has 0 amide bonds. The fourth-order valence-corrected chi connectivity index (χ4v) is 1.29. The van der Waals surface area contributed by atoms with Crippen LogP contribution in [-0.4, -0.2) is 24.5 Å². The summed E-state index contributed by atoms with van der Waals surface area (Å²) in [6.45, 7) is -0.584. The first-order valence-electron chi connectivity index (χ1n) is 3.97. The second-order valence-electron chi connectivity index (χ2n) is 2.58. The third kappa shape index (κ3) is 4.38. The molecule has 0 aliphatic heterocycles. The first-order valence-corrected chi connectivity index (χ1v) is 4.72. The van der Waals surface area contributed by atoms with Crippen molar-refractivity contribution < 1.29 is 19.4 Å². The summed E-state index contributed by atoms with van der Waals surface area (Å²) in [7, 11) is 0. The second-order valence-corrected chi connectivity index (χ2v) is 3.42. The van der Waals surface area contributed by atoms with E-state index in [0.29, 0.717) is 15.8 Å². The van der Waals surface area contributed by atoms with E-state index in [1.807, 2.05) is 0 Å². The maximum Gasteiger partial charge on any atom is 0.329 e. The van der Waals surface area contributed by atoms with Crippen LogP contribution in [0.4, 0.5) is 0 Å². The van der Waals surface area contributed by atoms with Gasteiger partial charge in [0.25, 0.3) is 0 Å². The van der Waals surface area contributed by atoms with Crippen molar-refractivity contribution in [3.8, 4) is 5.75 Å². The van der Waals surface area contributed by atoms with E-state index in [9.17, 15) is 4.79 Å². The SMILES string of the molecule is O=C(O)COCOc1ccc(Cl)cc1Cl. The summed E-state index contributed by atoms with van der Waals surface area (Å²) in [5, 5.41) is 9.13. The maximum absolute atomic E-state index is 10.1. The summed E-state index contributed by atoms with van der Waals surface area (Å²) in [6.07, 6.45) is 0. The van der Waals surface area contributed by atoms with Gasteiger partial charge in [0.1, 0.15) is 12.4 Å². The highest BCUT2D eigenvalue weighted by molar-refractivity contribution is 6.35. The number of halogens is 2. The molecule has 1 aromatic carbocycles. The van der Waals surface area contributed by atoms with Gasteiger partial charge in [0.05, 0.1) is 5.02 Å². The molecule has 1 aromatic rings. The van der Waals surface area contributed by atoms with Crippen LogP contribution in [0, 0.1) is 0 Å². The van der Waals surface area contributed by atoms with Crippen LogP contribution in [0.2, 0.25) is 10.0 Å². The van der Waals surface area contributed by atoms with E-state index in [-0.39, 0.29) is 6.79 Å². The number of carboxylic acid groups (broad SMARTS) is 1. The van der Waals surface area contributed by atoms with Crippen LogP contribution < -0.4 is 4.74 Å². The smallest absolute Gasteiger partial charge is 0.329 e. The van der Waals surface area contributed by atoms with Gasteiger partial charge in [-0.25, -0.2) is 4.79 Å². The lowest BCUT2D eigenvalue weighted by atomic mass is 10.3. The number of benzene rings is 1. The number of hydrogen-bond donors (Lipinski definition) is 1. The summed E-state index contributed by atoms with van der Waals surface area (Å²) in [6, 6.07) is 4.71. The Balaban J connectivity index is 2.40. The number of carbonyl (C=O) groups is 1. The van der Waals surface area contributed by atoms with Crippen molar-refractivity contribution >= 4 is 29.2 Å². The Bertz CT molecular complexity index is 354. The van der Waals surface area contributed by atoms with Gasteiger partial charge in [0, 0.05) is 5.02 Å². The molecule has 0 atom stereocenters. The lowest BCUT2D eigenvalue weighted by molar-refractivity contribution is -0.144. The Morgan fingerprint density at radius 2 is 2.13 bits per heavy atom. The van der Waals surface area contributed by atoms with E-state index >= 15 is 0 Å². The second kappa shape index (κ2) is 5.80. The molecule has 0 bridgehead atoms. The van der Waals surface area contributed by atoms with E-state index < -0.39 is 12.6 Å². The lowest BCUT2D eigenvalue weighted by Crippen LogP contribution is -2.11. The van der Waals surface area contributed by atoms with Crippen LogP contribution in [0.25, 0.3) is 0 Å². The molecular weight excluding hydrogens is 243 g/mol. The topological polar surface area (TPSA) is 55.8 Å². The maximum atomic E-state index is 10.1. The number of carboxylic acids is 1. The van der Waals surface area contributed by atoms with Crippen LogP contribution in [0.5, 0.6) is 5.75 Å². The highest BCUT2D eigenvalue weighted by atomic mass is 35.5. The lowest BCUT2D eigenvalue weighted by Gasteiger charge is -2.07. The average Bonchev–Trinajstić information content (AvgIpc) is 2.14. The first kappa shape index (κ1) is 12.1. The molecule has 0 aliphatic carbocycles. The molecule has 1 N–H and O–H groups in total. The van der Waals surface area contributed by atoms with E-state index in [2.05, 4.69) is 4.74 Å². The largest absolute Gasteiger partial charge is 0.480 e. The quantitative estimate of drug-likeness (QED) is 0.645. The Morgan fingerprint density at radius 3 is 2.73 bits per heavy atom. The van der Waals surface area contributed by atoms with Gasteiger partial charge in [-0.2, -0.15) is 0 Å². The number of hydrogen-bond acceptors (Lipinski definition) is 3. The molecule has 6 heteroatoms. The van der Waals surface area contributed by atoms with E-state index in [0.717, 1.165) is 0 Å². The molecule has 0 heterocycles. The normalized spacial score (nSPS) is 10.0. The molecule has 82 valence electrons. The predicted molar refractivity (Wildman–Crippen MR) is 55.5 cm³/mol.